The average Bonchev–Trinajstić information content (AvgIpc) is 2.93. The Bertz CT molecular complexity index is 566. The van der Waals surface area contributed by atoms with Crippen LogP contribution in [0.3, 0.4) is 0 Å². The maximum Gasteiger partial charge on any atom is 0.208 e. The molecular weight excluding hydrogens is 242 g/mol. The molecule has 0 fully saturated rings. The Labute approximate surface area is 112 Å². The highest BCUT2D eigenvalue weighted by molar-refractivity contribution is 5.06. The Balaban J connectivity index is 1.72. The van der Waals surface area contributed by atoms with Crippen LogP contribution < -0.4 is 0 Å². The summed E-state index contributed by atoms with van der Waals surface area (Å²) in [6, 6.07) is 0. The summed E-state index contributed by atoms with van der Waals surface area (Å²) in [7, 11) is 0. The van der Waals surface area contributed by atoms with Crippen LogP contribution in [0.1, 0.15) is 35.9 Å². The van der Waals surface area contributed by atoms with Crippen LogP contribution in [0.5, 0.6) is 0 Å². The molecular formula is C13H19N5O. The number of aromatic nitrogens is 4. The van der Waals surface area contributed by atoms with Crippen LogP contribution >= 0.6 is 0 Å². The van der Waals surface area contributed by atoms with Crippen molar-refractivity contribution in [3.05, 3.63) is 29.0 Å². The van der Waals surface area contributed by atoms with E-state index in [1.54, 1.807) is 0 Å². The lowest BCUT2D eigenvalue weighted by Gasteiger charge is -2.26. The number of hydrogen-bond donors (Lipinski definition) is 0. The van der Waals surface area contributed by atoms with E-state index >= 15 is 0 Å². The standard InChI is InChI=1S/C13H19N5O/c1-4-11-15-16-12-7-17(5-6-18(11)12)8-13-14-9(2)10(3)19-13/h4-8H2,1-3H3. The molecule has 0 aliphatic carbocycles. The maximum absolute atomic E-state index is 5.64. The molecule has 1 aliphatic rings. The van der Waals surface area contributed by atoms with Crippen LogP contribution in [0.25, 0.3) is 0 Å². The summed E-state index contributed by atoms with van der Waals surface area (Å²) in [6.45, 7) is 9.52. The highest BCUT2D eigenvalue weighted by Crippen LogP contribution is 2.16. The first-order valence-corrected chi connectivity index (χ1v) is 6.73. The Hall–Kier alpha value is -1.69. The minimum Gasteiger partial charge on any atom is -0.444 e. The van der Waals surface area contributed by atoms with E-state index in [9.17, 15) is 0 Å². The molecule has 0 radical (unpaired) electrons. The van der Waals surface area contributed by atoms with Gasteiger partial charge in [-0.25, -0.2) is 4.98 Å². The van der Waals surface area contributed by atoms with Gasteiger partial charge >= 0.3 is 0 Å². The highest BCUT2D eigenvalue weighted by Gasteiger charge is 2.21. The van der Waals surface area contributed by atoms with E-state index in [-0.39, 0.29) is 0 Å². The van der Waals surface area contributed by atoms with E-state index in [1.807, 2.05) is 13.8 Å². The number of aryl methyl sites for hydroxylation is 3. The van der Waals surface area contributed by atoms with Crippen molar-refractivity contribution in [2.75, 3.05) is 6.54 Å². The van der Waals surface area contributed by atoms with Gasteiger partial charge in [-0.05, 0) is 13.8 Å². The SMILES string of the molecule is CCc1nnc2n1CCN(Cc1nc(C)c(C)o1)C2. The van der Waals surface area contributed by atoms with Crippen molar-refractivity contribution in [2.24, 2.45) is 0 Å². The molecule has 0 saturated heterocycles. The highest BCUT2D eigenvalue weighted by atomic mass is 16.4. The predicted octanol–water partition coefficient (Wildman–Crippen LogP) is 1.46. The van der Waals surface area contributed by atoms with E-state index in [4.69, 9.17) is 4.42 Å². The summed E-state index contributed by atoms with van der Waals surface area (Å²) in [4.78, 5) is 6.73. The van der Waals surface area contributed by atoms with Gasteiger partial charge < -0.3 is 8.98 Å². The normalized spacial score (nSPS) is 15.7. The molecule has 0 atom stereocenters. The van der Waals surface area contributed by atoms with Gasteiger partial charge in [-0.2, -0.15) is 0 Å². The molecule has 2 aromatic heterocycles. The zero-order valence-electron chi connectivity index (χ0n) is 11.7. The van der Waals surface area contributed by atoms with Gasteiger partial charge in [0.05, 0.1) is 18.8 Å². The summed E-state index contributed by atoms with van der Waals surface area (Å²) < 4.78 is 7.86. The van der Waals surface area contributed by atoms with Crippen molar-refractivity contribution in [3.8, 4) is 0 Å². The third-order valence-corrected chi connectivity index (χ3v) is 3.66. The lowest BCUT2D eigenvalue weighted by Crippen LogP contribution is -2.34. The van der Waals surface area contributed by atoms with E-state index in [2.05, 4.69) is 31.6 Å². The molecule has 0 bridgehead atoms. The molecule has 0 unspecified atom stereocenters. The smallest absolute Gasteiger partial charge is 0.208 e. The van der Waals surface area contributed by atoms with Crippen molar-refractivity contribution in [1.82, 2.24) is 24.6 Å². The maximum atomic E-state index is 5.64. The number of hydrogen-bond acceptors (Lipinski definition) is 5. The van der Waals surface area contributed by atoms with E-state index in [0.29, 0.717) is 0 Å². The van der Waals surface area contributed by atoms with Gasteiger partial charge in [0.15, 0.2) is 0 Å². The Morgan fingerprint density at radius 3 is 2.74 bits per heavy atom. The fourth-order valence-corrected chi connectivity index (χ4v) is 2.46. The quantitative estimate of drug-likeness (QED) is 0.837. The van der Waals surface area contributed by atoms with Crippen molar-refractivity contribution in [1.29, 1.82) is 0 Å². The Morgan fingerprint density at radius 2 is 2.05 bits per heavy atom. The number of fused-ring (bicyclic) bond motifs is 1. The third-order valence-electron chi connectivity index (χ3n) is 3.66. The number of rotatable bonds is 3. The molecule has 0 N–H and O–H groups in total. The first kappa shape index (κ1) is 12.3. The molecule has 3 rings (SSSR count). The van der Waals surface area contributed by atoms with Gasteiger partial charge in [-0.3, -0.25) is 4.90 Å². The fraction of sp³-hybridized carbons (Fsp3) is 0.615. The molecule has 19 heavy (non-hydrogen) atoms. The second-order valence-electron chi connectivity index (χ2n) is 5.00. The minimum atomic E-state index is 0.739. The third kappa shape index (κ3) is 2.28. The fourth-order valence-electron chi connectivity index (χ4n) is 2.46. The van der Waals surface area contributed by atoms with Crippen molar-refractivity contribution in [3.63, 3.8) is 0 Å². The van der Waals surface area contributed by atoms with E-state index < -0.39 is 0 Å². The second-order valence-corrected chi connectivity index (χ2v) is 5.00. The van der Waals surface area contributed by atoms with Crippen LogP contribution in [-0.2, 0) is 26.1 Å². The van der Waals surface area contributed by atoms with E-state index in [0.717, 1.165) is 61.6 Å². The van der Waals surface area contributed by atoms with Crippen molar-refractivity contribution < 1.29 is 4.42 Å². The number of oxazole rings is 1. The van der Waals surface area contributed by atoms with Crippen molar-refractivity contribution in [2.45, 2.75) is 46.8 Å². The zero-order chi connectivity index (χ0) is 13.4. The lowest BCUT2D eigenvalue weighted by atomic mass is 10.3. The molecule has 6 nitrogen and oxygen atoms in total. The number of nitrogens with zero attached hydrogens (tertiary/aromatic N) is 5. The van der Waals surface area contributed by atoms with Gasteiger partial charge in [0.25, 0.3) is 0 Å². The van der Waals surface area contributed by atoms with Crippen LogP contribution in [0.2, 0.25) is 0 Å². The first-order valence-electron chi connectivity index (χ1n) is 6.73. The monoisotopic (exact) mass is 261 g/mol. The average molecular weight is 261 g/mol. The largest absolute Gasteiger partial charge is 0.444 e. The first-order chi connectivity index (χ1) is 9.17. The molecule has 1 aliphatic heterocycles. The van der Waals surface area contributed by atoms with Crippen molar-refractivity contribution >= 4 is 0 Å². The molecule has 102 valence electrons. The minimum absolute atomic E-state index is 0.739. The molecule has 0 aromatic carbocycles. The van der Waals surface area contributed by atoms with Gasteiger partial charge in [-0.15, -0.1) is 10.2 Å². The second kappa shape index (κ2) is 4.77. The predicted molar refractivity (Wildman–Crippen MR) is 69.5 cm³/mol. The molecule has 6 heteroatoms. The molecule has 0 amide bonds. The Morgan fingerprint density at radius 1 is 1.21 bits per heavy atom. The van der Waals surface area contributed by atoms with Crippen LogP contribution in [0, 0.1) is 13.8 Å². The summed E-state index contributed by atoms with van der Waals surface area (Å²) in [5, 5.41) is 8.49. The van der Waals surface area contributed by atoms with Crippen LogP contribution in [0.15, 0.2) is 4.42 Å². The Kier molecular flexibility index (Phi) is 3.10. The summed E-state index contributed by atoms with van der Waals surface area (Å²) in [6.07, 6.45) is 0.936. The topological polar surface area (TPSA) is 60.0 Å². The zero-order valence-corrected chi connectivity index (χ0v) is 11.7. The van der Waals surface area contributed by atoms with Gasteiger partial charge in [0.2, 0.25) is 5.89 Å². The van der Waals surface area contributed by atoms with Gasteiger partial charge in [0, 0.05) is 19.5 Å². The van der Waals surface area contributed by atoms with Crippen LogP contribution in [0.4, 0.5) is 0 Å². The lowest BCUT2D eigenvalue weighted by molar-refractivity contribution is 0.188. The molecule has 2 aromatic rings. The summed E-state index contributed by atoms with van der Waals surface area (Å²) in [5.74, 6) is 3.82. The summed E-state index contributed by atoms with van der Waals surface area (Å²) >= 11 is 0. The molecule has 0 saturated carbocycles. The van der Waals surface area contributed by atoms with Gasteiger partial charge in [-0.1, -0.05) is 6.92 Å². The summed E-state index contributed by atoms with van der Waals surface area (Å²) in [5.41, 5.74) is 0.975. The van der Waals surface area contributed by atoms with E-state index in [1.165, 1.54) is 0 Å². The molecule has 3 heterocycles. The van der Waals surface area contributed by atoms with Crippen LogP contribution in [-0.4, -0.2) is 31.2 Å². The van der Waals surface area contributed by atoms with Gasteiger partial charge in [0.1, 0.15) is 17.4 Å². The molecule has 0 spiro atoms.